The van der Waals surface area contributed by atoms with E-state index in [4.69, 9.17) is 0 Å². The lowest BCUT2D eigenvalue weighted by Crippen LogP contribution is -2.53. The van der Waals surface area contributed by atoms with E-state index in [1.165, 1.54) is 321 Å². The minimum Gasteiger partial charge on any atom is -0.394 e. The van der Waals surface area contributed by atoms with Crippen molar-refractivity contribution < 1.29 is 25.2 Å². The molecule has 0 saturated heterocycles. The number of hydrogen-bond acceptors (Lipinski definition) is 5. The number of aliphatic hydroxyl groups is 4. The highest BCUT2D eigenvalue weighted by Gasteiger charge is 2.28. The fourth-order valence-corrected chi connectivity index (χ4v) is 11.2. The molecule has 0 heterocycles. The number of amides is 1. The Balaban J connectivity index is 3.52. The molecule has 442 valence electrons. The standard InChI is InChI=1S/C68H135NO5/c1-3-5-7-9-11-13-15-17-19-21-23-25-27-29-30-31-32-33-34-35-36-37-38-40-42-44-46-48-50-52-54-56-58-60-62-66(72)68(74)69-64(63-70)67(73)65(71)61-59-57-55-53-51-49-47-45-43-41-39-28-26-24-22-20-18-16-14-12-10-8-6-4-2/h31-32,64-67,70-73H,3-30,33-63H2,1-2H3,(H,69,74)/b32-31-. The summed E-state index contributed by atoms with van der Waals surface area (Å²) >= 11 is 0. The maximum Gasteiger partial charge on any atom is 0.249 e. The third-order valence-electron chi connectivity index (χ3n) is 16.5. The summed E-state index contributed by atoms with van der Waals surface area (Å²) in [6.45, 7) is 4.11. The fourth-order valence-electron chi connectivity index (χ4n) is 11.2. The SMILES string of the molecule is CCCCCCCCCCCCCCCC/C=C\CCCCCCCCCCCCCCCCCCC(O)C(=O)NC(CO)C(O)C(O)CCCCCCCCCCCCCCCCCCCCCCCCCC. The monoisotopic (exact) mass is 1050 g/mol. The van der Waals surface area contributed by atoms with E-state index in [2.05, 4.69) is 31.3 Å². The first kappa shape index (κ1) is 73.0. The van der Waals surface area contributed by atoms with Crippen molar-refractivity contribution in [2.45, 2.75) is 411 Å². The van der Waals surface area contributed by atoms with Crippen LogP contribution in [0.3, 0.4) is 0 Å². The maximum absolute atomic E-state index is 12.7. The summed E-state index contributed by atoms with van der Waals surface area (Å²) in [4.78, 5) is 12.7. The van der Waals surface area contributed by atoms with Gasteiger partial charge in [-0.1, -0.05) is 360 Å². The van der Waals surface area contributed by atoms with Crippen LogP contribution in [0.4, 0.5) is 0 Å². The number of carbonyl (C=O) groups is 1. The van der Waals surface area contributed by atoms with E-state index in [-0.39, 0.29) is 0 Å². The lowest BCUT2D eigenvalue weighted by Gasteiger charge is -2.27. The van der Waals surface area contributed by atoms with Crippen molar-refractivity contribution in [2.24, 2.45) is 0 Å². The first-order valence-corrected chi connectivity index (χ1v) is 34.1. The Labute approximate surface area is 463 Å². The number of carbonyl (C=O) groups excluding carboxylic acids is 1. The molecule has 0 bridgehead atoms. The zero-order chi connectivity index (χ0) is 53.7. The highest BCUT2D eigenvalue weighted by molar-refractivity contribution is 5.80. The smallest absolute Gasteiger partial charge is 0.249 e. The average molecular weight is 1050 g/mol. The van der Waals surface area contributed by atoms with Crippen LogP contribution in [0.15, 0.2) is 12.2 Å². The van der Waals surface area contributed by atoms with Crippen molar-refractivity contribution in [1.82, 2.24) is 5.32 Å². The van der Waals surface area contributed by atoms with Gasteiger partial charge in [0, 0.05) is 0 Å². The lowest BCUT2D eigenvalue weighted by atomic mass is 9.99. The molecule has 0 aliphatic carbocycles. The molecule has 0 spiro atoms. The second-order valence-corrected chi connectivity index (χ2v) is 23.9. The average Bonchev–Trinajstić information content (AvgIpc) is 3.41. The first-order valence-electron chi connectivity index (χ1n) is 34.1. The molecular formula is C68H135NO5. The molecule has 5 N–H and O–H groups in total. The van der Waals surface area contributed by atoms with Gasteiger partial charge in [0.15, 0.2) is 0 Å². The highest BCUT2D eigenvalue weighted by atomic mass is 16.3. The summed E-state index contributed by atoms with van der Waals surface area (Å²) in [5, 5.41) is 44.2. The van der Waals surface area contributed by atoms with Gasteiger partial charge < -0.3 is 25.7 Å². The Bertz CT molecular complexity index is 1080. The largest absolute Gasteiger partial charge is 0.394 e. The summed E-state index contributed by atoms with van der Waals surface area (Å²) in [7, 11) is 0. The molecule has 0 aromatic carbocycles. The molecule has 0 rings (SSSR count). The predicted octanol–water partition coefficient (Wildman–Crippen LogP) is 20.8. The van der Waals surface area contributed by atoms with Gasteiger partial charge in [-0.25, -0.2) is 0 Å². The van der Waals surface area contributed by atoms with E-state index in [0.29, 0.717) is 12.8 Å². The Kier molecular flexibility index (Phi) is 62.1. The third kappa shape index (κ3) is 55.8. The minimum atomic E-state index is -1.26. The van der Waals surface area contributed by atoms with Crippen LogP contribution in [0.25, 0.3) is 0 Å². The Morgan fingerprint density at radius 3 is 0.784 bits per heavy atom. The van der Waals surface area contributed by atoms with Crippen LogP contribution < -0.4 is 5.32 Å². The Hall–Kier alpha value is -0.950. The van der Waals surface area contributed by atoms with Crippen LogP contribution >= 0.6 is 0 Å². The molecule has 0 fully saturated rings. The number of nitrogens with one attached hydrogen (secondary N) is 1. The van der Waals surface area contributed by atoms with Gasteiger partial charge in [-0.05, 0) is 38.5 Å². The van der Waals surface area contributed by atoms with Crippen molar-refractivity contribution in [3.05, 3.63) is 12.2 Å². The molecule has 0 aliphatic heterocycles. The van der Waals surface area contributed by atoms with Gasteiger partial charge in [0.1, 0.15) is 12.2 Å². The normalized spacial score (nSPS) is 13.5. The Morgan fingerprint density at radius 2 is 0.541 bits per heavy atom. The van der Waals surface area contributed by atoms with Crippen LogP contribution in [0.1, 0.15) is 386 Å². The van der Waals surface area contributed by atoms with Gasteiger partial charge in [-0.15, -0.1) is 0 Å². The van der Waals surface area contributed by atoms with E-state index in [9.17, 15) is 25.2 Å². The summed E-state index contributed by atoms with van der Waals surface area (Å²) in [6.07, 6.45) is 77.6. The molecule has 4 unspecified atom stereocenters. The maximum atomic E-state index is 12.7. The zero-order valence-electron chi connectivity index (χ0n) is 50.4. The van der Waals surface area contributed by atoms with Crippen LogP contribution in [0, 0.1) is 0 Å². The van der Waals surface area contributed by atoms with Crippen molar-refractivity contribution >= 4 is 5.91 Å². The first-order chi connectivity index (χ1) is 36.5. The molecule has 0 aromatic rings. The quantitative estimate of drug-likeness (QED) is 0.0308. The number of aliphatic hydroxyl groups excluding tert-OH is 4. The zero-order valence-corrected chi connectivity index (χ0v) is 50.4. The molecular weight excluding hydrogens is 911 g/mol. The summed E-state index contributed by atoms with van der Waals surface area (Å²) < 4.78 is 0. The molecule has 1 amide bonds. The molecule has 0 aliphatic rings. The van der Waals surface area contributed by atoms with Gasteiger partial charge in [-0.3, -0.25) is 4.79 Å². The van der Waals surface area contributed by atoms with Crippen molar-refractivity contribution in [2.75, 3.05) is 6.61 Å². The topological polar surface area (TPSA) is 110 Å². The molecule has 6 nitrogen and oxygen atoms in total. The number of allylic oxidation sites excluding steroid dienone is 2. The second-order valence-electron chi connectivity index (χ2n) is 23.9. The van der Waals surface area contributed by atoms with Gasteiger partial charge in [-0.2, -0.15) is 0 Å². The van der Waals surface area contributed by atoms with E-state index in [0.717, 1.165) is 38.5 Å². The fraction of sp³-hybridized carbons (Fsp3) is 0.956. The molecule has 4 atom stereocenters. The van der Waals surface area contributed by atoms with Crippen LogP contribution in [0.2, 0.25) is 0 Å². The van der Waals surface area contributed by atoms with E-state index < -0.39 is 36.9 Å². The number of rotatable bonds is 64. The van der Waals surface area contributed by atoms with E-state index >= 15 is 0 Å². The van der Waals surface area contributed by atoms with Crippen LogP contribution in [0.5, 0.6) is 0 Å². The second kappa shape index (κ2) is 62.9. The van der Waals surface area contributed by atoms with Crippen molar-refractivity contribution in [3.8, 4) is 0 Å². The predicted molar refractivity (Wildman–Crippen MR) is 325 cm³/mol. The van der Waals surface area contributed by atoms with Crippen LogP contribution in [-0.2, 0) is 4.79 Å². The van der Waals surface area contributed by atoms with Gasteiger partial charge in [0.25, 0.3) is 0 Å². The molecule has 74 heavy (non-hydrogen) atoms. The summed E-state index contributed by atoms with van der Waals surface area (Å²) in [5.41, 5.74) is 0. The van der Waals surface area contributed by atoms with E-state index in [1.807, 2.05) is 0 Å². The number of unbranched alkanes of at least 4 members (excludes halogenated alkanes) is 53. The van der Waals surface area contributed by atoms with Gasteiger partial charge in [0.05, 0.1) is 18.8 Å². The van der Waals surface area contributed by atoms with Gasteiger partial charge >= 0.3 is 0 Å². The van der Waals surface area contributed by atoms with Crippen molar-refractivity contribution in [1.29, 1.82) is 0 Å². The van der Waals surface area contributed by atoms with E-state index in [1.54, 1.807) is 0 Å². The van der Waals surface area contributed by atoms with Gasteiger partial charge in [0.2, 0.25) is 5.91 Å². The van der Waals surface area contributed by atoms with Crippen molar-refractivity contribution in [3.63, 3.8) is 0 Å². The molecule has 6 heteroatoms. The molecule has 0 aromatic heterocycles. The molecule has 0 radical (unpaired) electrons. The highest BCUT2D eigenvalue weighted by Crippen LogP contribution is 2.20. The Morgan fingerprint density at radius 1 is 0.324 bits per heavy atom. The summed E-state index contributed by atoms with van der Waals surface area (Å²) in [6, 6.07) is -0.984. The lowest BCUT2D eigenvalue weighted by molar-refractivity contribution is -0.132. The number of hydrogen-bond donors (Lipinski definition) is 5. The molecule has 0 saturated carbocycles. The summed E-state index contributed by atoms with van der Waals surface area (Å²) in [5.74, 6) is -0.575. The third-order valence-corrected chi connectivity index (χ3v) is 16.5. The minimum absolute atomic E-state index is 0.374. The van der Waals surface area contributed by atoms with Crippen LogP contribution in [-0.4, -0.2) is 57.3 Å².